The summed E-state index contributed by atoms with van der Waals surface area (Å²) in [5.74, 6) is 2.50. The molecule has 1 N–H and O–H groups in total. The normalized spacial score (nSPS) is 17.6. The maximum Gasteiger partial charge on any atom is 0.227 e. The molecule has 5 rings (SSSR count). The fourth-order valence-electron chi connectivity index (χ4n) is 4.71. The van der Waals surface area contributed by atoms with Crippen molar-refractivity contribution in [2.45, 2.75) is 70.2 Å². The second-order valence-corrected chi connectivity index (χ2v) is 11.3. The van der Waals surface area contributed by atoms with Crippen molar-refractivity contribution in [3.8, 4) is 5.75 Å². The van der Waals surface area contributed by atoms with Gasteiger partial charge in [0.05, 0.1) is 0 Å². The van der Waals surface area contributed by atoms with Crippen molar-refractivity contribution in [1.29, 1.82) is 0 Å². The van der Waals surface area contributed by atoms with Crippen molar-refractivity contribution in [2.24, 2.45) is 0 Å². The number of carbonyl (C=O) groups is 1. The van der Waals surface area contributed by atoms with E-state index in [1.165, 1.54) is 5.56 Å². The Kier molecular flexibility index (Phi) is 6.45. The molecule has 2 heterocycles. The molecule has 0 spiro atoms. The number of aromatic nitrogens is 3. The molecular formula is C28H32N4O2S. The highest BCUT2D eigenvalue weighted by Gasteiger charge is 2.38. The molecule has 0 saturated heterocycles. The number of nitrogens with zero attached hydrogens (tertiary/aromatic N) is 3. The minimum atomic E-state index is -0.354. The van der Waals surface area contributed by atoms with Crippen molar-refractivity contribution in [3.05, 3.63) is 76.5 Å². The van der Waals surface area contributed by atoms with Gasteiger partial charge in [-0.05, 0) is 41.2 Å². The molecule has 1 atom stereocenters. The highest BCUT2D eigenvalue weighted by atomic mass is 32.2. The predicted octanol–water partition coefficient (Wildman–Crippen LogP) is 6.29. The molecule has 0 fully saturated rings. The van der Waals surface area contributed by atoms with Crippen LogP contribution in [0.15, 0.2) is 65.0 Å². The molecule has 2 aromatic carbocycles. The van der Waals surface area contributed by atoms with E-state index in [4.69, 9.17) is 14.8 Å². The molecule has 0 bridgehead atoms. The first-order chi connectivity index (χ1) is 16.8. The lowest BCUT2D eigenvalue weighted by Crippen LogP contribution is -2.31. The van der Waals surface area contributed by atoms with E-state index >= 15 is 0 Å². The molecule has 6 nitrogen and oxygen atoms in total. The largest absolute Gasteiger partial charge is 0.489 e. The highest BCUT2D eigenvalue weighted by molar-refractivity contribution is 7.99. The van der Waals surface area contributed by atoms with Crippen LogP contribution in [0.3, 0.4) is 0 Å². The van der Waals surface area contributed by atoms with Crippen LogP contribution in [0.5, 0.6) is 5.75 Å². The van der Waals surface area contributed by atoms with E-state index < -0.39 is 0 Å². The molecular weight excluding hydrogens is 456 g/mol. The van der Waals surface area contributed by atoms with Gasteiger partial charge in [-0.25, -0.2) is 4.68 Å². The Hall–Kier alpha value is -3.06. The Labute approximate surface area is 211 Å². The van der Waals surface area contributed by atoms with E-state index in [1.54, 1.807) is 11.8 Å². The van der Waals surface area contributed by atoms with Crippen molar-refractivity contribution in [3.63, 3.8) is 0 Å². The first kappa shape index (κ1) is 23.7. The van der Waals surface area contributed by atoms with Gasteiger partial charge in [-0.3, -0.25) is 4.79 Å². The van der Waals surface area contributed by atoms with E-state index in [2.05, 4.69) is 57.3 Å². The zero-order valence-corrected chi connectivity index (χ0v) is 21.6. The molecule has 0 amide bonds. The van der Waals surface area contributed by atoms with Crippen LogP contribution in [-0.2, 0) is 16.8 Å². The molecule has 1 aromatic heterocycles. The molecule has 2 aliphatic rings. The SMILES string of the molecule is CCSc1nc2n(n1)C(c1ccccc1OCc1ccc(C(C)(C)C)cc1)C1=C(CCCC1=O)N2. The summed E-state index contributed by atoms with van der Waals surface area (Å²) in [7, 11) is 0. The maximum absolute atomic E-state index is 13.2. The minimum Gasteiger partial charge on any atom is -0.489 e. The van der Waals surface area contributed by atoms with Gasteiger partial charge in [-0.15, -0.1) is 5.10 Å². The number of hydrogen-bond acceptors (Lipinski definition) is 6. The number of rotatable bonds is 6. The van der Waals surface area contributed by atoms with E-state index in [1.807, 2.05) is 28.9 Å². The highest BCUT2D eigenvalue weighted by Crippen LogP contribution is 2.43. The smallest absolute Gasteiger partial charge is 0.227 e. The molecule has 1 aliphatic carbocycles. The lowest BCUT2D eigenvalue weighted by molar-refractivity contribution is -0.116. The average molecular weight is 489 g/mol. The number of nitrogens with one attached hydrogen (secondary N) is 1. The van der Waals surface area contributed by atoms with Crippen LogP contribution < -0.4 is 10.1 Å². The summed E-state index contributed by atoms with van der Waals surface area (Å²) in [6.45, 7) is 9.18. The summed E-state index contributed by atoms with van der Waals surface area (Å²) in [5.41, 5.74) is 5.20. The Bertz CT molecular complexity index is 1270. The molecule has 1 unspecified atom stereocenters. The van der Waals surface area contributed by atoms with Crippen LogP contribution in [0.4, 0.5) is 5.95 Å². The topological polar surface area (TPSA) is 69.0 Å². The monoisotopic (exact) mass is 488 g/mol. The molecule has 0 saturated carbocycles. The van der Waals surface area contributed by atoms with E-state index in [9.17, 15) is 4.79 Å². The first-order valence-electron chi connectivity index (χ1n) is 12.3. The standard InChI is InChI=1S/C28H32N4O2S/c1-5-35-27-30-26-29-21-10-8-11-22(33)24(21)25(32(26)31-27)20-9-6-7-12-23(20)34-17-18-13-15-19(16-14-18)28(2,3)4/h6-7,9,12-16,25H,5,8,10-11,17H2,1-4H3,(H,29,30,31). The van der Waals surface area contributed by atoms with Crippen molar-refractivity contribution < 1.29 is 9.53 Å². The van der Waals surface area contributed by atoms with Gasteiger partial charge >= 0.3 is 0 Å². The molecule has 182 valence electrons. The van der Waals surface area contributed by atoms with E-state index in [-0.39, 0.29) is 17.2 Å². The quantitative estimate of drug-likeness (QED) is 0.411. The van der Waals surface area contributed by atoms with Crippen molar-refractivity contribution in [1.82, 2.24) is 14.8 Å². The van der Waals surface area contributed by atoms with Gasteiger partial charge in [-0.2, -0.15) is 4.98 Å². The van der Waals surface area contributed by atoms with E-state index in [0.29, 0.717) is 24.1 Å². The number of ketones is 1. The second kappa shape index (κ2) is 9.53. The number of hydrogen-bond donors (Lipinski definition) is 1. The summed E-state index contributed by atoms with van der Waals surface area (Å²) < 4.78 is 8.23. The number of allylic oxidation sites excluding steroid dienone is 2. The average Bonchev–Trinajstić information content (AvgIpc) is 3.24. The van der Waals surface area contributed by atoms with Crippen LogP contribution in [0, 0.1) is 0 Å². The third kappa shape index (κ3) is 4.74. The lowest BCUT2D eigenvalue weighted by Gasteiger charge is -2.32. The molecule has 0 radical (unpaired) electrons. The summed E-state index contributed by atoms with van der Waals surface area (Å²) >= 11 is 1.60. The molecule has 1 aliphatic heterocycles. The fraction of sp³-hybridized carbons (Fsp3) is 0.393. The summed E-state index contributed by atoms with van der Waals surface area (Å²) in [5, 5.41) is 8.89. The summed E-state index contributed by atoms with van der Waals surface area (Å²) in [4.78, 5) is 17.9. The maximum atomic E-state index is 13.2. The van der Waals surface area contributed by atoms with Gasteiger partial charge in [0.15, 0.2) is 5.78 Å². The fourth-order valence-corrected chi connectivity index (χ4v) is 5.27. The number of benzene rings is 2. The lowest BCUT2D eigenvalue weighted by atomic mass is 9.85. The Morgan fingerprint density at radius 3 is 2.63 bits per heavy atom. The zero-order chi connectivity index (χ0) is 24.6. The third-order valence-electron chi connectivity index (χ3n) is 6.55. The second-order valence-electron chi connectivity index (χ2n) is 10.1. The Morgan fingerprint density at radius 2 is 1.89 bits per heavy atom. The third-order valence-corrected chi connectivity index (χ3v) is 7.27. The Balaban J connectivity index is 1.49. The van der Waals surface area contributed by atoms with Gasteiger partial charge in [0.2, 0.25) is 11.1 Å². The van der Waals surface area contributed by atoms with Crippen LogP contribution in [0.1, 0.15) is 69.7 Å². The molecule has 3 aromatic rings. The van der Waals surface area contributed by atoms with Crippen LogP contribution in [0.25, 0.3) is 0 Å². The number of Topliss-reactive ketones (excluding diaryl/α,β-unsaturated/α-hetero) is 1. The number of para-hydroxylation sites is 1. The number of carbonyl (C=O) groups excluding carboxylic acids is 1. The number of thioether (sulfide) groups is 1. The molecule has 7 heteroatoms. The summed E-state index contributed by atoms with van der Waals surface area (Å²) in [6.07, 6.45) is 2.25. The van der Waals surface area contributed by atoms with Gasteiger partial charge in [0, 0.05) is 23.3 Å². The van der Waals surface area contributed by atoms with E-state index in [0.717, 1.165) is 46.7 Å². The van der Waals surface area contributed by atoms with Crippen LogP contribution in [-0.4, -0.2) is 26.3 Å². The molecule has 35 heavy (non-hydrogen) atoms. The first-order valence-corrected chi connectivity index (χ1v) is 13.3. The minimum absolute atomic E-state index is 0.114. The van der Waals surface area contributed by atoms with Gasteiger partial charge in [-0.1, -0.05) is 81.9 Å². The van der Waals surface area contributed by atoms with Crippen molar-refractivity contribution >= 4 is 23.5 Å². The number of ether oxygens (including phenoxy) is 1. The van der Waals surface area contributed by atoms with Gasteiger partial charge in [0.1, 0.15) is 18.4 Å². The number of anilines is 1. The number of fused-ring (bicyclic) bond motifs is 1. The van der Waals surface area contributed by atoms with Gasteiger partial charge in [0.25, 0.3) is 0 Å². The predicted molar refractivity (Wildman–Crippen MR) is 140 cm³/mol. The van der Waals surface area contributed by atoms with Crippen molar-refractivity contribution in [2.75, 3.05) is 11.1 Å². The van der Waals surface area contributed by atoms with Gasteiger partial charge < -0.3 is 10.1 Å². The van der Waals surface area contributed by atoms with Crippen LogP contribution >= 0.6 is 11.8 Å². The van der Waals surface area contributed by atoms with Crippen LogP contribution in [0.2, 0.25) is 0 Å². The Morgan fingerprint density at radius 1 is 1.11 bits per heavy atom. The summed E-state index contributed by atoms with van der Waals surface area (Å²) in [6, 6.07) is 16.2. The zero-order valence-electron chi connectivity index (χ0n) is 20.8.